The van der Waals surface area contributed by atoms with E-state index in [1.165, 1.54) is 0 Å². The number of aromatic nitrogens is 1. The third kappa shape index (κ3) is 2.67. The Bertz CT molecular complexity index is 655. The van der Waals surface area contributed by atoms with Gasteiger partial charge in [-0.25, -0.2) is 9.36 Å². The van der Waals surface area contributed by atoms with Crippen molar-refractivity contribution in [1.29, 1.82) is 0 Å². The number of fused-ring (bicyclic) bond motifs is 1. The summed E-state index contributed by atoms with van der Waals surface area (Å²) in [5, 5.41) is 10.0. The molecule has 5 heteroatoms. The summed E-state index contributed by atoms with van der Waals surface area (Å²) >= 11 is 0. The highest BCUT2D eigenvalue weighted by Crippen LogP contribution is 2.17. The van der Waals surface area contributed by atoms with Crippen LogP contribution in [0.2, 0.25) is 0 Å². The second-order valence-electron chi connectivity index (χ2n) is 5.01. The minimum absolute atomic E-state index is 0.376. The quantitative estimate of drug-likeness (QED) is 0.911. The van der Waals surface area contributed by atoms with Gasteiger partial charge in [-0.15, -0.1) is 0 Å². The number of carbonyl (C=O) groups excluding carboxylic acids is 1. The molecule has 0 amide bonds. The summed E-state index contributed by atoms with van der Waals surface area (Å²) in [5.41, 5.74) is 0.818. The SMILES string of the molecule is CCCCC(O)C(C)C(=O)n1c(=O)oc2ccccc21. The lowest BCUT2D eigenvalue weighted by molar-refractivity contribution is 0.0600. The van der Waals surface area contributed by atoms with Crippen LogP contribution in [0, 0.1) is 5.92 Å². The van der Waals surface area contributed by atoms with Crippen LogP contribution in [0.5, 0.6) is 0 Å². The Morgan fingerprint density at radius 3 is 2.80 bits per heavy atom. The molecule has 2 aromatic rings. The summed E-state index contributed by atoms with van der Waals surface area (Å²) < 4.78 is 6.05. The Hall–Kier alpha value is -1.88. The van der Waals surface area contributed by atoms with Crippen molar-refractivity contribution in [2.75, 3.05) is 0 Å². The summed E-state index contributed by atoms with van der Waals surface area (Å²) in [6.07, 6.45) is 1.60. The molecule has 1 aromatic heterocycles. The van der Waals surface area contributed by atoms with E-state index < -0.39 is 23.7 Å². The lowest BCUT2D eigenvalue weighted by atomic mass is 9.99. The van der Waals surface area contributed by atoms with Gasteiger partial charge in [-0.1, -0.05) is 38.8 Å². The zero-order valence-corrected chi connectivity index (χ0v) is 11.7. The number of hydrogen-bond donors (Lipinski definition) is 1. The molecule has 0 aliphatic heterocycles. The maximum absolute atomic E-state index is 12.4. The molecule has 108 valence electrons. The fraction of sp³-hybridized carbons (Fsp3) is 0.467. The van der Waals surface area contributed by atoms with E-state index >= 15 is 0 Å². The summed E-state index contributed by atoms with van der Waals surface area (Å²) in [4.78, 5) is 24.2. The third-order valence-electron chi connectivity index (χ3n) is 3.53. The van der Waals surface area contributed by atoms with Crippen LogP contribution in [-0.4, -0.2) is 21.7 Å². The highest BCUT2D eigenvalue weighted by Gasteiger charge is 2.26. The van der Waals surface area contributed by atoms with Crippen LogP contribution >= 0.6 is 0 Å². The number of unbranched alkanes of at least 4 members (excludes halogenated alkanes) is 1. The van der Waals surface area contributed by atoms with Crippen molar-refractivity contribution in [3.63, 3.8) is 0 Å². The van der Waals surface area contributed by atoms with Crippen molar-refractivity contribution in [3.05, 3.63) is 34.8 Å². The summed E-state index contributed by atoms with van der Waals surface area (Å²) in [7, 11) is 0. The fourth-order valence-corrected chi connectivity index (χ4v) is 2.21. The Labute approximate surface area is 116 Å². The van der Waals surface area contributed by atoms with Crippen molar-refractivity contribution >= 4 is 17.0 Å². The van der Waals surface area contributed by atoms with Gasteiger partial charge in [-0.05, 0) is 18.6 Å². The third-order valence-corrected chi connectivity index (χ3v) is 3.53. The van der Waals surface area contributed by atoms with E-state index in [2.05, 4.69) is 0 Å². The van der Waals surface area contributed by atoms with E-state index in [1.54, 1.807) is 31.2 Å². The number of oxazole rings is 1. The fourth-order valence-electron chi connectivity index (χ4n) is 2.21. The van der Waals surface area contributed by atoms with Crippen molar-refractivity contribution in [2.45, 2.75) is 39.2 Å². The largest absolute Gasteiger partial charge is 0.426 e. The van der Waals surface area contributed by atoms with Crippen LogP contribution in [-0.2, 0) is 0 Å². The van der Waals surface area contributed by atoms with Gasteiger partial charge in [0.1, 0.15) is 0 Å². The molecule has 0 aliphatic rings. The highest BCUT2D eigenvalue weighted by atomic mass is 16.4. The number of hydrogen-bond acceptors (Lipinski definition) is 4. The molecule has 1 heterocycles. The average Bonchev–Trinajstić information content (AvgIpc) is 2.78. The van der Waals surface area contributed by atoms with E-state index in [4.69, 9.17) is 4.42 Å². The van der Waals surface area contributed by atoms with Crippen LogP contribution in [0.1, 0.15) is 37.9 Å². The molecule has 0 aliphatic carbocycles. The number of aliphatic hydroxyl groups is 1. The van der Waals surface area contributed by atoms with E-state index in [-0.39, 0.29) is 0 Å². The molecular formula is C15H19NO4. The molecule has 20 heavy (non-hydrogen) atoms. The van der Waals surface area contributed by atoms with Gasteiger partial charge < -0.3 is 9.52 Å². The molecular weight excluding hydrogens is 258 g/mol. The van der Waals surface area contributed by atoms with Crippen molar-refractivity contribution < 1.29 is 14.3 Å². The standard InChI is InChI=1S/C15H19NO4/c1-3-4-8-12(17)10(2)14(18)16-11-7-5-6-9-13(11)20-15(16)19/h5-7,9-10,12,17H,3-4,8H2,1-2H3. The first-order valence-electron chi connectivity index (χ1n) is 6.89. The molecule has 5 nitrogen and oxygen atoms in total. The highest BCUT2D eigenvalue weighted by molar-refractivity contribution is 5.90. The predicted molar refractivity (Wildman–Crippen MR) is 75.8 cm³/mol. The minimum Gasteiger partial charge on any atom is -0.407 e. The normalized spacial score (nSPS) is 14.3. The van der Waals surface area contributed by atoms with Gasteiger partial charge in [0.15, 0.2) is 5.58 Å². The molecule has 0 radical (unpaired) electrons. The van der Waals surface area contributed by atoms with Gasteiger partial charge in [0.2, 0.25) is 5.91 Å². The van der Waals surface area contributed by atoms with Crippen LogP contribution in [0.25, 0.3) is 11.1 Å². The van der Waals surface area contributed by atoms with Crippen LogP contribution in [0.4, 0.5) is 0 Å². The average molecular weight is 277 g/mol. The zero-order chi connectivity index (χ0) is 14.7. The van der Waals surface area contributed by atoms with Crippen molar-refractivity contribution in [2.24, 2.45) is 5.92 Å². The van der Waals surface area contributed by atoms with Crippen LogP contribution in [0.15, 0.2) is 33.5 Å². The molecule has 0 saturated heterocycles. The number of rotatable bonds is 5. The van der Waals surface area contributed by atoms with E-state index in [1.807, 2.05) is 6.92 Å². The maximum Gasteiger partial charge on any atom is 0.426 e. The molecule has 2 atom stereocenters. The van der Waals surface area contributed by atoms with Crippen molar-refractivity contribution in [3.8, 4) is 0 Å². The number of para-hydroxylation sites is 2. The van der Waals surface area contributed by atoms with Gasteiger partial charge >= 0.3 is 5.76 Å². The van der Waals surface area contributed by atoms with E-state index in [0.717, 1.165) is 17.4 Å². The zero-order valence-electron chi connectivity index (χ0n) is 11.7. The number of benzene rings is 1. The minimum atomic E-state index is -0.747. The molecule has 0 saturated carbocycles. The Kier molecular flexibility index (Phi) is 4.39. The summed E-state index contributed by atoms with van der Waals surface area (Å²) in [6, 6.07) is 6.76. The molecule has 0 fully saturated rings. The van der Waals surface area contributed by atoms with Gasteiger partial charge in [0.25, 0.3) is 0 Å². The maximum atomic E-state index is 12.4. The topological polar surface area (TPSA) is 72.4 Å². The molecule has 1 aromatic carbocycles. The summed E-state index contributed by atoms with van der Waals surface area (Å²) in [6.45, 7) is 3.66. The molecule has 0 bridgehead atoms. The van der Waals surface area contributed by atoms with E-state index in [9.17, 15) is 14.7 Å². The van der Waals surface area contributed by atoms with Gasteiger partial charge in [-0.3, -0.25) is 4.79 Å². The first-order valence-corrected chi connectivity index (χ1v) is 6.89. The number of carbonyl (C=O) groups is 1. The second-order valence-corrected chi connectivity index (χ2v) is 5.01. The van der Waals surface area contributed by atoms with Gasteiger partial charge in [-0.2, -0.15) is 0 Å². The molecule has 0 spiro atoms. The smallest absolute Gasteiger partial charge is 0.407 e. The van der Waals surface area contributed by atoms with Crippen LogP contribution < -0.4 is 5.76 Å². The Balaban J connectivity index is 2.31. The van der Waals surface area contributed by atoms with Crippen molar-refractivity contribution in [1.82, 2.24) is 4.57 Å². The van der Waals surface area contributed by atoms with Crippen LogP contribution in [0.3, 0.4) is 0 Å². The summed E-state index contributed by atoms with van der Waals surface area (Å²) in [5.74, 6) is -1.77. The lowest BCUT2D eigenvalue weighted by Crippen LogP contribution is -2.34. The van der Waals surface area contributed by atoms with E-state index in [0.29, 0.717) is 17.5 Å². The molecule has 1 N–H and O–H groups in total. The number of aliphatic hydroxyl groups excluding tert-OH is 1. The predicted octanol–water partition coefficient (Wildman–Crippen LogP) is 2.42. The van der Waals surface area contributed by atoms with Gasteiger partial charge in [0, 0.05) is 0 Å². The monoisotopic (exact) mass is 277 g/mol. The first kappa shape index (κ1) is 14.5. The first-order chi connectivity index (χ1) is 9.56. The molecule has 2 rings (SSSR count). The Morgan fingerprint density at radius 1 is 1.40 bits per heavy atom. The molecule has 2 unspecified atom stereocenters. The lowest BCUT2D eigenvalue weighted by Gasteiger charge is -2.17. The Morgan fingerprint density at radius 2 is 2.10 bits per heavy atom. The van der Waals surface area contributed by atoms with Gasteiger partial charge in [0.05, 0.1) is 17.5 Å². The number of nitrogens with zero attached hydrogens (tertiary/aromatic N) is 1. The second kappa shape index (κ2) is 6.05.